The summed E-state index contributed by atoms with van der Waals surface area (Å²) in [6.07, 6.45) is 75.9. The molecule has 0 heterocycles. The molecule has 0 aromatic rings. The minimum Gasteiger partial charge on any atom is -0.481 e. The summed E-state index contributed by atoms with van der Waals surface area (Å²) in [5.41, 5.74) is -1.83. The van der Waals surface area contributed by atoms with Crippen molar-refractivity contribution in [2.45, 2.75) is 521 Å². The van der Waals surface area contributed by atoms with Crippen molar-refractivity contribution in [1.29, 1.82) is 0 Å². The van der Waals surface area contributed by atoms with E-state index in [1.54, 1.807) is 0 Å². The average Bonchev–Trinajstić information content (AvgIpc) is 0.668. The first-order valence-corrected chi connectivity index (χ1v) is 48.4. The summed E-state index contributed by atoms with van der Waals surface area (Å²) in [6, 6.07) is 0. The molecular formula is C98H195NO6. The second-order valence-electron chi connectivity index (χ2n) is 36.0. The molecule has 7 nitrogen and oxygen atoms in total. The van der Waals surface area contributed by atoms with E-state index < -0.39 is 22.9 Å². The van der Waals surface area contributed by atoms with Gasteiger partial charge in [0.15, 0.2) is 0 Å². The predicted octanol–water partition coefficient (Wildman–Crippen LogP) is 31.4. The third kappa shape index (κ3) is 42.5. The van der Waals surface area contributed by atoms with Crippen molar-refractivity contribution in [2.24, 2.45) is 63.6 Å². The first-order chi connectivity index (χ1) is 51.0. The highest BCUT2D eigenvalue weighted by Gasteiger charge is 2.75. The van der Waals surface area contributed by atoms with Gasteiger partial charge in [-0.1, -0.05) is 463 Å². The molecule has 0 aliphatic carbocycles. The van der Waals surface area contributed by atoms with Crippen molar-refractivity contribution in [1.82, 2.24) is 4.90 Å². The average molecular weight is 1480 g/mol. The lowest BCUT2D eigenvalue weighted by atomic mass is 9.29. The van der Waals surface area contributed by atoms with Crippen LogP contribution in [0.3, 0.4) is 0 Å². The number of ether oxygens (including phenoxy) is 1. The maximum Gasteiger partial charge on any atom is 0.310 e. The maximum atomic E-state index is 17.2. The highest BCUT2D eigenvalue weighted by molar-refractivity contribution is 5.77. The third-order valence-corrected chi connectivity index (χ3v) is 27.3. The number of rotatable bonds is 83. The molecule has 628 valence electrons. The topological polar surface area (TPSA) is 107 Å². The molecule has 105 heavy (non-hydrogen) atoms. The molecule has 0 saturated carbocycles. The summed E-state index contributed by atoms with van der Waals surface area (Å²) in [6.45, 7) is 40.3. The lowest BCUT2D eigenvalue weighted by molar-refractivity contribution is -0.278. The van der Waals surface area contributed by atoms with Crippen LogP contribution in [0.5, 0.6) is 0 Å². The molecule has 0 fully saturated rings. The Morgan fingerprint density at radius 2 is 0.600 bits per heavy atom. The number of carbonyl (C=O) groups excluding carboxylic acids is 1. The summed E-state index contributed by atoms with van der Waals surface area (Å²) >= 11 is 0. The number of carboxylic acids is 1. The SMILES string of the molecule is CCCCCCCCCOC(=O)CCCCCCCN(CCCC(C(C)CCCCCCCC)C(C(C)CCCCCCCC)(C(C)CCCCCCCC)C(C(C)CCCCCCCC)(C(C)CCCCCCCC)C(C(=O)O)(C(C)CCCCCCCC)C(C)CCCCCCCC)CC(O)CO. The van der Waals surface area contributed by atoms with Crippen molar-refractivity contribution in [2.75, 3.05) is 32.8 Å². The molecule has 0 radical (unpaired) electrons. The molecular weight excluding hydrogens is 1290 g/mol. The first kappa shape index (κ1) is 104. The predicted molar refractivity (Wildman–Crippen MR) is 464 cm³/mol. The van der Waals surface area contributed by atoms with Crippen LogP contribution in [-0.2, 0) is 14.3 Å². The molecule has 0 rings (SSSR count). The Labute approximate surface area is 660 Å². The van der Waals surface area contributed by atoms with E-state index in [4.69, 9.17) is 4.74 Å². The van der Waals surface area contributed by atoms with E-state index in [0.717, 1.165) is 109 Å². The molecule has 0 aliphatic rings. The molecule has 0 saturated heterocycles. The van der Waals surface area contributed by atoms with E-state index in [1.807, 2.05) is 0 Å². The summed E-state index contributed by atoms with van der Waals surface area (Å²) in [5, 5.41) is 36.2. The number of carbonyl (C=O) groups is 2. The van der Waals surface area contributed by atoms with Crippen molar-refractivity contribution >= 4 is 11.9 Å². The fourth-order valence-corrected chi connectivity index (χ4v) is 21.6. The van der Waals surface area contributed by atoms with Gasteiger partial charge in [-0.3, -0.25) is 9.59 Å². The fourth-order valence-electron chi connectivity index (χ4n) is 21.6. The standard InChI is InChI=1S/C98H195NO6/c1-16-24-32-40-48-59-69-82-105-94(102)79-67-57-49-58-68-80-99(83-92(101)84-100)81-70-78-93(85(9)71-60-50-41-33-25-17-2)96(86(10)72-61-51-42-34-26-18-3,87(11)73-62-52-43-35-27-19-4)98(90(14)76-65-55-46-38-30-22-7,91(15)77-66-56-47-39-31-23-8)97(95(103)104,88(12)74-63-53-44-36-28-20-5)89(13)75-64-54-45-37-29-21-6/h85-93,100-101H,16-84H2,1-15H3,(H,103,104). The third-order valence-electron chi connectivity index (χ3n) is 27.3. The van der Waals surface area contributed by atoms with Gasteiger partial charge in [0, 0.05) is 13.0 Å². The van der Waals surface area contributed by atoms with Gasteiger partial charge in [0.2, 0.25) is 0 Å². The van der Waals surface area contributed by atoms with Gasteiger partial charge in [0.05, 0.1) is 24.7 Å². The van der Waals surface area contributed by atoms with Gasteiger partial charge in [0.1, 0.15) is 0 Å². The lowest BCUT2D eigenvalue weighted by Crippen LogP contribution is -2.73. The van der Waals surface area contributed by atoms with Crippen molar-refractivity contribution < 1.29 is 29.6 Å². The van der Waals surface area contributed by atoms with Gasteiger partial charge in [-0.2, -0.15) is 0 Å². The van der Waals surface area contributed by atoms with E-state index in [9.17, 15) is 20.1 Å². The highest BCUT2D eigenvalue weighted by atomic mass is 16.5. The first-order valence-electron chi connectivity index (χ1n) is 48.4. The van der Waals surface area contributed by atoms with Gasteiger partial charge in [0.25, 0.3) is 0 Å². The van der Waals surface area contributed by atoms with Crippen molar-refractivity contribution in [3.8, 4) is 0 Å². The molecule has 0 spiro atoms. The molecule has 0 aliphatic heterocycles. The zero-order chi connectivity index (χ0) is 77.9. The highest BCUT2D eigenvalue weighted by Crippen LogP contribution is 2.77. The van der Waals surface area contributed by atoms with E-state index in [-0.39, 0.29) is 41.7 Å². The fraction of sp³-hybridized carbons (Fsp3) is 0.980. The monoisotopic (exact) mass is 1480 g/mol. The van der Waals surface area contributed by atoms with Crippen LogP contribution < -0.4 is 0 Å². The largest absolute Gasteiger partial charge is 0.481 e. The van der Waals surface area contributed by atoms with Crippen LogP contribution in [0.25, 0.3) is 0 Å². The second kappa shape index (κ2) is 70.7. The second-order valence-corrected chi connectivity index (χ2v) is 36.0. The molecule has 0 aromatic carbocycles. The van der Waals surface area contributed by atoms with E-state index in [2.05, 4.69) is 109 Å². The quantitative estimate of drug-likeness (QED) is 0.0411. The number of aliphatic hydroxyl groups excluding tert-OH is 2. The number of esters is 1. The Kier molecular flexibility index (Phi) is 69.9. The van der Waals surface area contributed by atoms with Gasteiger partial charge < -0.3 is 25.0 Å². The Morgan fingerprint density at radius 3 is 0.933 bits per heavy atom. The number of aliphatic hydroxyl groups is 2. The molecule has 9 unspecified atom stereocenters. The summed E-state index contributed by atoms with van der Waals surface area (Å²) in [7, 11) is 0. The molecule has 0 bridgehead atoms. The lowest BCUT2D eigenvalue weighted by Gasteiger charge is -2.74. The Bertz CT molecular complexity index is 1790. The Hall–Kier alpha value is -1.18. The zero-order valence-electron chi connectivity index (χ0n) is 74.5. The molecule has 0 aromatic heterocycles. The van der Waals surface area contributed by atoms with E-state index in [1.165, 1.54) is 308 Å². The summed E-state index contributed by atoms with van der Waals surface area (Å²) in [5.74, 6) is 1.29. The number of carboxylic acid groups (broad SMARTS) is 1. The van der Waals surface area contributed by atoms with Gasteiger partial charge in [-0.25, -0.2) is 0 Å². The van der Waals surface area contributed by atoms with Gasteiger partial charge in [-0.05, 0) is 116 Å². The summed E-state index contributed by atoms with van der Waals surface area (Å²) in [4.78, 5) is 32.5. The molecule has 7 heteroatoms. The Morgan fingerprint density at radius 1 is 0.324 bits per heavy atom. The number of hydrogen-bond donors (Lipinski definition) is 3. The van der Waals surface area contributed by atoms with Crippen molar-refractivity contribution in [3.05, 3.63) is 0 Å². The number of hydrogen-bond acceptors (Lipinski definition) is 6. The van der Waals surface area contributed by atoms with Crippen LogP contribution in [-0.4, -0.2) is 71.1 Å². The van der Waals surface area contributed by atoms with Gasteiger partial charge >= 0.3 is 11.9 Å². The van der Waals surface area contributed by atoms with Crippen LogP contribution in [0, 0.1) is 63.6 Å². The van der Waals surface area contributed by atoms with Crippen LogP contribution in [0.2, 0.25) is 0 Å². The minimum absolute atomic E-state index is 0.00987. The molecule has 3 N–H and O–H groups in total. The van der Waals surface area contributed by atoms with Gasteiger partial charge in [-0.15, -0.1) is 0 Å². The molecule has 0 amide bonds. The molecule has 9 atom stereocenters. The smallest absolute Gasteiger partial charge is 0.310 e. The number of unbranched alkanes of at least 4 members (excludes halogenated alkanes) is 45. The summed E-state index contributed by atoms with van der Waals surface area (Å²) < 4.78 is 5.69. The minimum atomic E-state index is -0.975. The van der Waals surface area contributed by atoms with Crippen LogP contribution in [0.15, 0.2) is 0 Å². The maximum absolute atomic E-state index is 17.2. The zero-order valence-corrected chi connectivity index (χ0v) is 74.5. The van der Waals surface area contributed by atoms with Crippen LogP contribution in [0.4, 0.5) is 0 Å². The number of nitrogens with zero attached hydrogens (tertiary/aromatic N) is 1. The Balaban J connectivity index is 9.56. The normalized spacial score (nSPS) is 16.5. The van der Waals surface area contributed by atoms with Crippen molar-refractivity contribution in [3.63, 3.8) is 0 Å². The van der Waals surface area contributed by atoms with E-state index >= 15 is 4.79 Å². The van der Waals surface area contributed by atoms with Crippen LogP contribution >= 0.6 is 0 Å². The van der Waals surface area contributed by atoms with Crippen LogP contribution in [0.1, 0.15) is 515 Å². The van der Waals surface area contributed by atoms with E-state index in [0.29, 0.717) is 43.2 Å². The number of aliphatic carboxylic acids is 1.